The number of carbonyl (C=O) groups excluding carboxylic acids is 1. The third-order valence-electron chi connectivity index (χ3n) is 5.49. The molecule has 28 heavy (non-hydrogen) atoms. The zero-order valence-electron chi connectivity index (χ0n) is 16.5. The molecule has 6 heteroatoms. The van der Waals surface area contributed by atoms with Gasteiger partial charge in [0.1, 0.15) is 5.69 Å². The van der Waals surface area contributed by atoms with E-state index in [1.807, 2.05) is 18.0 Å². The van der Waals surface area contributed by atoms with Crippen LogP contribution in [0.3, 0.4) is 0 Å². The molecule has 0 aliphatic carbocycles. The van der Waals surface area contributed by atoms with Gasteiger partial charge in [-0.2, -0.15) is 0 Å². The number of nitrogens with zero attached hydrogens (tertiary/aromatic N) is 3. The Hall–Kier alpha value is -2.89. The Labute approximate surface area is 165 Å². The summed E-state index contributed by atoms with van der Waals surface area (Å²) < 4.78 is 0. The lowest BCUT2D eigenvalue weighted by Gasteiger charge is -2.34. The summed E-state index contributed by atoms with van der Waals surface area (Å²) >= 11 is 0. The molecule has 1 amide bonds. The second-order valence-corrected chi connectivity index (χ2v) is 7.37. The monoisotopic (exact) mass is 381 g/mol. The van der Waals surface area contributed by atoms with E-state index < -0.39 is 0 Å². The minimum Gasteiger partial charge on any atom is -0.366 e. The average Bonchev–Trinajstić information content (AvgIpc) is 2.73. The Morgan fingerprint density at radius 3 is 2.32 bits per heavy atom. The molecule has 1 fully saturated rings. The number of benzene rings is 2. The van der Waals surface area contributed by atoms with Crippen molar-refractivity contribution >= 4 is 17.3 Å². The number of rotatable bonds is 6. The normalized spacial score (nSPS) is 14.7. The zero-order chi connectivity index (χ0) is 20.1. The maximum absolute atomic E-state index is 12.8. The molecular formula is C22H27N3O3. The van der Waals surface area contributed by atoms with Crippen LogP contribution < -0.4 is 4.90 Å². The standard InChI is InChI=1S/C22H27N3O3/c1-3-17-8-10-18(11-9-17)16-23(2)22(26)19-12-14-24(15-13-19)20-6-4-5-7-21(20)25(27)28/h4-11,19H,3,12-16H2,1-2H3. The van der Waals surface area contributed by atoms with E-state index in [0.717, 1.165) is 12.0 Å². The van der Waals surface area contributed by atoms with Crippen molar-refractivity contribution in [3.05, 3.63) is 69.8 Å². The molecule has 0 N–H and O–H groups in total. The topological polar surface area (TPSA) is 66.7 Å². The molecular weight excluding hydrogens is 354 g/mol. The van der Waals surface area contributed by atoms with Crippen LogP contribution >= 0.6 is 0 Å². The Bertz CT molecular complexity index is 827. The van der Waals surface area contributed by atoms with Crippen LogP contribution in [0.5, 0.6) is 0 Å². The molecule has 0 unspecified atom stereocenters. The number of amides is 1. The van der Waals surface area contributed by atoms with E-state index in [-0.39, 0.29) is 22.4 Å². The molecule has 1 saturated heterocycles. The van der Waals surface area contributed by atoms with Gasteiger partial charge < -0.3 is 9.80 Å². The first-order chi connectivity index (χ1) is 13.5. The molecule has 3 rings (SSSR count). The lowest BCUT2D eigenvalue weighted by Crippen LogP contribution is -2.41. The number of nitro benzene ring substituents is 1. The Morgan fingerprint density at radius 2 is 1.71 bits per heavy atom. The van der Waals surface area contributed by atoms with Crippen molar-refractivity contribution in [2.75, 3.05) is 25.0 Å². The molecule has 148 valence electrons. The van der Waals surface area contributed by atoms with Crippen LogP contribution in [0.4, 0.5) is 11.4 Å². The van der Waals surface area contributed by atoms with Gasteiger partial charge >= 0.3 is 0 Å². The van der Waals surface area contributed by atoms with Crippen molar-refractivity contribution in [3.63, 3.8) is 0 Å². The van der Waals surface area contributed by atoms with Crippen LogP contribution in [0, 0.1) is 16.0 Å². The number of para-hydroxylation sites is 2. The predicted molar refractivity (Wildman–Crippen MR) is 110 cm³/mol. The Balaban J connectivity index is 1.58. The van der Waals surface area contributed by atoms with E-state index in [2.05, 4.69) is 31.2 Å². The van der Waals surface area contributed by atoms with Crippen molar-refractivity contribution in [3.8, 4) is 0 Å². The van der Waals surface area contributed by atoms with Gasteiger partial charge in [0.05, 0.1) is 4.92 Å². The lowest BCUT2D eigenvalue weighted by molar-refractivity contribution is -0.384. The zero-order valence-corrected chi connectivity index (χ0v) is 16.5. The second-order valence-electron chi connectivity index (χ2n) is 7.37. The summed E-state index contributed by atoms with van der Waals surface area (Å²) in [5, 5.41) is 11.3. The van der Waals surface area contributed by atoms with Gasteiger partial charge in [0.15, 0.2) is 0 Å². The molecule has 0 saturated carbocycles. The number of anilines is 1. The van der Waals surface area contributed by atoms with E-state index in [0.29, 0.717) is 38.2 Å². The number of hydrogen-bond acceptors (Lipinski definition) is 4. The van der Waals surface area contributed by atoms with Gasteiger partial charge in [0, 0.05) is 38.7 Å². The highest BCUT2D eigenvalue weighted by Crippen LogP contribution is 2.31. The fourth-order valence-corrected chi connectivity index (χ4v) is 3.80. The summed E-state index contributed by atoms with van der Waals surface area (Å²) in [6.45, 7) is 4.04. The molecule has 0 atom stereocenters. The van der Waals surface area contributed by atoms with Crippen LogP contribution in [-0.2, 0) is 17.8 Å². The van der Waals surface area contributed by atoms with Gasteiger partial charge in [0.2, 0.25) is 5.91 Å². The van der Waals surface area contributed by atoms with Gasteiger partial charge in [-0.1, -0.05) is 43.3 Å². The van der Waals surface area contributed by atoms with Crippen molar-refractivity contribution in [2.45, 2.75) is 32.7 Å². The predicted octanol–water partition coefficient (Wildman–Crippen LogP) is 4.03. The number of nitro groups is 1. The fraction of sp³-hybridized carbons (Fsp3) is 0.409. The summed E-state index contributed by atoms with van der Waals surface area (Å²) in [6.07, 6.45) is 2.43. The van der Waals surface area contributed by atoms with Crippen LogP contribution in [0.25, 0.3) is 0 Å². The van der Waals surface area contributed by atoms with E-state index in [4.69, 9.17) is 0 Å². The van der Waals surface area contributed by atoms with E-state index in [1.54, 1.807) is 17.0 Å². The van der Waals surface area contributed by atoms with Crippen molar-refractivity contribution in [2.24, 2.45) is 5.92 Å². The second kappa shape index (κ2) is 8.87. The van der Waals surface area contributed by atoms with Crippen LogP contribution in [0.1, 0.15) is 30.9 Å². The number of carbonyl (C=O) groups is 1. The average molecular weight is 381 g/mol. The van der Waals surface area contributed by atoms with Gasteiger partial charge in [-0.25, -0.2) is 0 Å². The summed E-state index contributed by atoms with van der Waals surface area (Å²) in [4.78, 5) is 27.6. The highest BCUT2D eigenvalue weighted by Gasteiger charge is 2.29. The number of hydrogen-bond donors (Lipinski definition) is 0. The van der Waals surface area contributed by atoms with Gasteiger partial charge in [0.25, 0.3) is 5.69 Å². The van der Waals surface area contributed by atoms with E-state index >= 15 is 0 Å². The SMILES string of the molecule is CCc1ccc(CN(C)C(=O)C2CCN(c3ccccc3[N+](=O)[O-])CC2)cc1. The van der Waals surface area contributed by atoms with Crippen molar-refractivity contribution < 1.29 is 9.72 Å². The summed E-state index contributed by atoms with van der Waals surface area (Å²) in [5.74, 6) is 0.126. The Kier molecular flexibility index (Phi) is 6.29. The number of piperidine rings is 1. The van der Waals surface area contributed by atoms with E-state index in [9.17, 15) is 14.9 Å². The first kappa shape index (κ1) is 19.9. The van der Waals surface area contributed by atoms with Crippen molar-refractivity contribution in [1.29, 1.82) is 0 Å². The summed E-state index contributed by atoms with van der Waals surface area (Å²) in [6, 6.07) is 15.2. The summed E-state index contributed by atoms with van der Waals surface area (Å²) in [5.41, 5.74) is 3.19. The first-order valence-corrected chi connectivity index (χ1v) is 9.80. The molecule has 6 nitrogen and oxygen atoms in total. The minimum atomic E-state index is -0.343. The highest BCUT2D eigenvalue weighted by atomic mass is 16.6. The smallest absolute Gasteiger partial charge is 0.292 e. The fourth-order valence-electron chi connectivity index (χ4n) is 3.80. The van der Waals surface area contributed by atoms with Crippen molar-refractivity contribution in [1.82, 2.24) is 4.90 Å². The Morgan fingerprint density at radius 1 is 1.11 bits per heavy atom. The quantitative estimate of drug-likeness (QED) is 0.560. The van der Waals surface area contributed by atoms with Crippen LogP contribution in [0.15, 0.2) is 48.5 Å². The molecule has 0 aromatic heterocycles. The number of aryl methyl sites for hydroxylation is 1. The molecule has 1 heterocycles. The van der Waals surface area contributed by atoms with E-state index in [1.165, 1.54) is 11.6 Å². The molecule has 1 aliphatic rings. The minimum absolute atomic E-state index is 0.0288. The molecule has 1 aliphatic heterocycles. The summed E-state index contributed by atoms with van der Waals surface area (Å²) in [7, 11) is 1.85. The lowest BCUT2D eigenvalue weighted by atomic mass is 9.94. The third-order valence-corrected chi connectivity index (χ3v) is 5.49. The molecule has 0 spiro atoms. The third kappa shape index (κ3) is 4.50. The van der Waals surface area contributed by atoms with Gasteiger partial charge in [-0.15, -0.1) is 0 Å². The maximum atomic E-state index is 12.8. The van der Waals surface area contributed by atoms with Crippen LogP contribution in [0.2, 0.25) is 0 Å². The highest BCUT2D eigenvalue weighted by molar-refractivity contribution is 5.79. The first-order valence-electron chi connectivity index (χ1n) is 9.80. The molecule has 0 radical (unpaired) electrons. The van der Waals surface area contributed by atoms with Crippen LogP contribution in [-0.4, -0.2) is 35.9 Å². The molecule has 2 aromatic rings. The van der Waals surface area contributed by atoms with Gasteiger partial charge in [-0.3, -0.25) is 14.9 Å². The largest absolute Gasteiger partial charge is 0.366 e. The molecule has 2 aromatic carbocycles. The molecule has 0 bridgehead atoms. The van der Waals surface area contributed by atoms with Gasteiger partial charge in [-0.05, 0) is 36.5 Å². The maximum Gasteiger partial charge on any atom is 0.292 e.